The second-order valence-corrected chi connectivity index (χ2v) is 10.8. The number of hydrogen-bond donors (Lipinski definition) is 1. The average Bonchev–Trinajstić information content (AvgIpc) is 3.66. The first-order valence-electron chi connectivity index (χ1n) is 12.9. The molecule has 1 aliphatic heterocycles. The van der Waals surface area contributed by atoms with Gasteiger partial charge in [0.25, 0.3) is 5.56 Å². The van der Waals surface area contributed by atoms with Gasteiger partial charge in [0.05, 0.1) is 38.1 Å². The number of nitrogens with zero attached hydrogens (tertiary/aromatic N) is 6. The molecule has 0 saturated carbocycles. The van der Waals surface area contributed by atoms with E-state index in [1.807, 2.05) is 0 Å². The van der Waals surface area contributed by atoms with Gasteiger partial charge in [0, 0.05) is 32.8 Å². The van der Waals surface area contributed by atoms with Gasteiger partial charge >= 0.3 is 5.69 Å². The van der Waals surface area contributed by atoms with Crippen LogP contribution in [0.2, 0.25) is 0 Å². The van der Waals surface area contributed by atoms with Crippen LogP contribution in [0.3, 0.4) is 0 Å². The minimum absolute atomic E-state index is 0.122. The Kier molecular flexibility index (Phi) is 9.05. The quantitative estimate of drug-likeness (QED) is 0.329. The standard InChI is InChI=1S/C24H25FN6O4S.C3H8O2/c1-14-18-19(32)30(24(2)8-12-28(3)22(24)33)23(34)29(21(18)36-20(14)31-26-9-10-27-31)11-7-15-13-16(25)5-6-17(15)35-4;1-5-3-2-4/h5-6,9-10,13H,7-8,11-12H2,1-4H3;4H,2-3H2,1H3/t24-;/m1./s1. The molecule has 220 valence electrons. The van der Waals surface area contributed by atoms with Crippen molar-refractivity contribution < 1.29 is 23.8 Å². The smallest absolute Gasteiger partial charge is 0.333 e. The van der Waals surface area contributed by atoms with Gasteiger partial charge in [-0.05, 0) is 50.5 Å². The van der Waals surface area contributed by atoms with E-state index >= 15 is 0 Å². The van der Waals surface area contributed by atoms with Gasteiger partial charge in [-0.2, -0.15) is 10.2 Å². The van der Waals surface area contributed by atoms with Crippen LogP contribution in [0.25, 0.3) is 15.2 Å². The van der Waals surface area contributed by atoms with E-state index in [1.54, 1.807) is 28.0 Å². The van der Waals surface area contributed by atoms with Gasteiger partial charge in [-0.1, -0.05) is 11.3 Å². The van der Waals surface area contributed by atoms with E-state index < -0.39 is 22.6 Å². The van der Waals surface area contributed by atoms with E-state index in [9.17, 15) is 18.8 Å². The van der Waals surface area contributed by atoms with E-state index in [1.165, 1.54) is 63.3 Å². The third-order valence-corrected chi connectivity index (χ3v) is 8.45. The number of carbonyl (C=O) groups excluding carboxylic acids is 1. The molecule has 41 heavy (non-hydrogen) atoms. The van der Waals surface area contributed by atoms with E-state index in [-0.39, 0.29) is 25.5 Å². The summed E-state index contributed by atoms with van der Waals surface area (Å²) in [7, 11) is 4.70. The molecule has 0 bridgehead atoms. The van der Waals surface area contributed by atoms with Crippen LogP contribution in [-0.4, -0.2) is 81.1 Å². The molecule has 5 rings (SSSR count). The monoisotopic (exact) mass is 588 g/mol. The highest BCUT2D eigenvalue weighted by Gasteiger charge is 2.45. The SMILES string of the molecule is COCCO.COc1ccc(F)cc1CCn1c(=O)n([C@]2(C)CCN(C)C2=O)c(=O)c2c(C)c(-n3nccn3)sc21. The first-order valence-corrected chi connectivity index (χ1v) is 13.7. The van der Waals surface area contributed by atoms with Gasteiger partial charge < -0.3 is 19.5 Å². The van der Waals surface area contributed by atoms with Gasteiger partial charge in [0.15, 0.2) is 0 Å². The van der Waals surface area contributed by atoms with E-state index in [0.29, 0.717) is 51.7 Å². The molecule has 1 aliphatic rings. The fourth-order valence-corrected chi connectivity index (χ4v) is 6.19. The van der Waals surface area contributed by atoms with Crippen LogP contribution < -0.4 is 16.0 Å². The minimum Gasteiger partial charge on any atom is -0.496 e. The number of fused-ring (bicyclic) bond motifs is 1. The zero-order chi connectivity index (χ0) is 29.9. The predicted octanol–water partition coefficient (Wildman–Crippen LogP) is 1.71. The van der Waals surface area contributed by atoms with Crippen molar-refractivity contribution in [2.45, 2.75) is 38.8 Å². The Morgan fingerprint density at radius 2 is 1.88 bits per heavy atom. The molecule has 0 unspecified atom stereocenters. The average molecular weight is 589 g/mol. The molecule has 1 N–H and O–H groups in total. The summed E-state index contributed by atoms with van der Waals surface area (Å²) in [4.78, 5) is 44.2. The predicted molar refractivity (Wildman–Crippen MR) is 152 cm³/mol. The number of aryl methyl sites for hydroxylation is 3. The molecule has 0 aliphatic carbocycles. The minimum atomic E-state index is -1.31. The van der Waals surface area contributed by atoms with E-state index in [0.717, 1.165) is 4.57 Å². The summed E-state index contributed by atoms with van der Waals surface area (Å²) >= 11 is 1.22. The molecule has 0 radical (unpaired) electrons. The molecule has 3 aromatic heterocycles. The Hall–Kier alpha value is -3.88. The molecule has 1 saturated heterocycles. The Balaban J connectivity index is 0.000000714. The number of likely N-dealkylation sites (N-methyl/N-ethyl adjacent to an activating group) is 1. The zero-order valence-electron chi connectivity index (χ0n) is 23.6. The van der Waals surface area contributed by atoms with Crippen LogP contribution in [0.1, 0.15) is 24.5 Å². The van der Waals surface area contributed by atoms with Crippen LogP contribution >= 0.6 is 11.3 Å². The van der Waals surface area contributed by atoms with Gasteiger partial charge in [0.2, 0.25) is 5.91 Å². The topological polar surface area (TPSA) is 134 Å². The largest absolute Gasteiger partial charge is 0.496 e. The van der Waals surface area contributed by atoms with Crippen LogP contribution in [0.4, 0.5) is 4.39 Å². The van der Waals surface area contributed by atoms with E-state index in [4.69, 9.17) is 9.84 Å². The van der Waals surface area contributed by atoms with Crippen LogP contribution in [0, 0.1) is 12.7 Å². The Morgan fingerprint density at radius 1 is 1.17 bits per heavy atom. The van der Waals surface area contributed by atoms with E-state index in [2.05, 4.69) is 14.9 Å². The fraction of sp³-hybridized carbons (Fsp3) is 0.444. The maximum absolute atomic E-state index is 14.0. The number of hydrogen-bond acceptors (Lipinski definition) is 9. The zero-order valence-corrected chi connectivity index (χ0v) is 24.4. The number of aromatic nitrogens is 5. The number of thiophene rings is 1. The first-order chi connectivity index (χ1) is 19.6. The number of benzene rings is 1. The number of amides is 1. The molecule has 14 heteroatoms. The maximum atomic E-state index is 14.0. The van der Waals surface area contributed by atoms with Crippen molar-refractivity contribution in [2.24, 2.45) is 0 Å². The lowest BCUT2D eigenvalue weighted by atomic mass is 10.00. The number of halogens is 1. The maximum Gasteiger partial charge on any atom is 0.333 e. The molecular weight excluding hydrogens is 555 g/mol. The highest BCUT2D eigenvalue weighted by Crippen LogP contribution is 2.33. The number of ether oxygens (including phenoxy) is 2. The Morgan fingerprint density at radius 3 is 2.44 bits per heavy atom. The highest BCUT2D eigenvalue weighted by atomic mass is 32.1. The van der Waals surface area contributed by atoms with Crippen molar-refractivity contribution in [2.75, 3.05) is 41.0 Å². The van der Waals surface area contributed by atoms with Crippen LogP contribution in [-0.2, 0) is 28.0 Å². The number of rotatable bonds is 8. The molecule has 4 aromatic rings. The summed E-state index contributed by atoms with van der Waals surface area (Å²) in [6.45, 7) is 4.55. The van der Waals surface area contributed by atoms with Crippen molar-refractivity contribution in [3.05, 3.63) is 68.4 Å². The third kappa shape index (κ3) is 5.54. The summed E-state index contributed by atoms with van der Waals surface area (Å²) in [5, 5.41) is 17.2. The van der Waals surface area contributed by atoms with Crippen molar-refractivity contribution >= 4 is 27.5 Å². The molecular formula is C27H33FN6O6S. The molecule has 1 atom stereocenters. The summed E-state index contributed by atoms with van der Waals surface area (Å²) in [6, 6.07) is 4.21. The lowest BCUT2D eigenvalue weighted by Crippen LogP contribution is -2.53. The first kappa shape index (κ1) is 30.1. The highest BCUT2D eigenvalue weighted by molar-refractivity contribution is 7.21. The van der Waals surface area contributed by atoms with Crippen LogP contribution in [0.5, 0.6) is 5.75 Å². The molecule has 4 heterocycles. The summed E-state index contributed by atoms with van der Waals surface area (Å²) in [5.41, 5.74) is -1.22. The number of aliphatic hydroxyl groups excluding tert-OH is 1. The number of carbonyl (C=O) groups is 1. The molecule has 1 aromatic carbocycles. The van der Waals surface area contributed by atoms with Crippen LogP contribution in [0.15, 0.2) is 40.2 Å². The van der Waals surface area contributed by atoms with Gasteiger partial charge in [0.1, 0.15) is 26.9 Å². The van der Waals surface area contributed by atoms with Crippen molar-refractivity contribution in [1.82, 2.24) is 29.0 Å². The van der Waals surface area contributed by atoms with Crippen molar-refractivity contribution in [1.29, 1.82) is 0 Å². The summed E-state index contributed by atoms with van der Waals surface area (Å²) < 4.78 is 26.4. The normalized spacial score (nSPS) is 16.8. The molecule has 12 nitrogen and oxygen atoms in total. The molecule has 0 spiro atoms. The second kappa shape index (κ2) is 12.3. The number of methoxy groups -OCH3 is 2. The van der Waals surface area contributed by atoms with Crippen molar-refractivity contribution in [3.63, 3.8) is 0 Å². The van der Waals surface area contributed by atoms with Crippen molar-refractivity contribution in [3.8, 4) is 10.8 Å². The fourth-order valence-electron chi connectivity index (χ4n) is 4.96. The molecule has 1 amide bonds. The van der Waals surface area contributed by atoms with Gasteiger partial charge in [-0.15, -0.1) is 4.80 Å². The number of aliphatic hydroxyl groups is 1. The number of likely N-dealkylation sites (tertiary alicyclic amines) is 1. The second-order valence-electron chi connectivity index (χ2n) is 9.78. The Bertz CT molecular complexity index is 1660. The Labute approximate surface area is 239 Å². The summed E-state index contributed by atoms with van der Waals surface area (Å²) in [5.74, 6) is -0.210. The lowest BCUT2D eigenvalue weighted by molar-refractivity contribution is -0.133. The van der Waals surface area contributed by atoms with Gasteiger partial charge in [-0.3, -0.25) is 14.2 Å². The third-order valence-electron chi connectivity index (χ3n) is 7.17. The summed E-state index contributed by atoms with van der Waals surface area (Å²) in [6.07, 6.45) is 3.65. The van der Waals surface area contributed by atoms with Gasteiger partial charge in [-0.25, -0.2) is 13.8 Å². The lowest BCUT2D eigenvalue weighted by Gasteiger charge is -2.25. The molecule has 1 fully saturated rings.